The lowest BCUT2D eigenvalue weighted by Crippen LogP contribution is -2.01. The maximum Gasteiger partial charge on any atom is 0.313 e. The van der Waals surface area contributed by atoms with Crippen LogP contribution in [0.25, 0.3) is 5.69 Å². The third kappa shape index (κ3) is 3.48. The predicted octanol–water partition coefficient (Wildman–Crippen LogP) is 2.22. The standard InChI is InChI=1S/C11H10BrN3O3S/c1-18-9-3-7(12)2-8(4-9)15-6-13-14-11(15)19-5-10(16)17/h2-4,6H,5H2,1H3,(H,16,17). The number of aromatic nitrogens is 3. The first kappa shape index (κ1) is 13.9. The second kappa shape index (κ2) is 6.07. The number of carboxylic acid groups (broad SMARTS) is 1. The number of hydrogen-bond acceptors (Lipinski definition) is 5. The van der Waals surface area contributed by atoms with Crippen molar-refractivity contribution in [3.05, 3.63) is 29.0 Å². The van der Waals surface area contributed by atoms with Crippen LogP contribution in [0.15, 0.2) is 34.2 Å². The third-order valence-corrected chi connectivity index (χ3v) is 3.60. The second-order valence-electron chi connectivity index (χ2n) is 3.52. The zero-order chi connectivity index (χ0) is 13.8. The molecule has 100 valence electrons. The molecule has 0 atom stereocenters. The van der Waals surface area contributed by atoms with Gasteiger partial charge in [-0.15, -0.1) is 10.2 Å². The summed E-state index contributed by atoms with van der Waals surface area (Å²) in [5, 5.41) is 16.9. The van der Waals surface area contributed by atoms with E-state index in [1.54, 1.807) is 11.7 Å². The fourth-order valence-electron chi connectivity index (χ4n) is 1.43. The molecule has 0 fully saturated rings. The van der Waals surface area contributed by atoms with Gasteiger partial charge in [0.1, 0.15) is 12.1 Å². The molecule has 0 aliphatic heterocycles. The number of rotatable bonds is 5. The Hall–Kier alpha value is -1.54. The monoisotopic (exact) mass is 343 g/mol. The average molecular weight is 344 g/mol. The van der Waals surface area contributed by atoms with Crippen LogP contribution >= 0.6 is 27.7 Å². The van der Waals surface area contributed by atoms with Gasteiger partial charge >= 0.3 is 5.97 Å². The average Bonchev–Trinajstić information content (AvgIpc) is 2.83. The summed E-state index contributed by atoms with van der Waals surface area (Å²) in [5.41, 5.74) is 0.795. The molecule has 1 N–H and O–H groups in total. The van der Waals surface area contributed by atoms with Crippen molar-refractivity contribution < 1.29 is 14.6 Å². The third-order valence-electron chi connectivity index (χ3n) is 2.21. The van der Waals surface area contributed by atoms with Crippen LogP contribution in [0.1, 0.15) is 0 Å². The van der Waals surface area contributed by atoms with Crippen molar-refractivity contribution in [2.45, 2.75) is 5.16 Å². The summed E-state index contributed by atoms with van der Waals surface area (Å²) in [4.78, 5) is 10.6. The molecule has 0 spiro atoms. The van der Waals surface area contributed by atoms with E-state index in [0.717, 1.165) is 21.9 Å². The van der Waals surface area contributed by atoms with Crippen LogP contribution in [0.5, 0.6) is 5.75 Å². The van der Waals surface area contributed by atoms with E-state index in [9.17, 15) is 4.79 Å². The molecular formula is C11H10BrN3O3S. The van der Waals surface area contributed by atoms with Crippen molar-refractivity contribution in [1.29, 1.82) is 0 Å². The highest BCUT2D eigenvalue weighted by molar-refractivity contribution is 9.10. The van der Waals surface area contributed by atoms with Crippen LogP contribution in [0.4, 0.5) is 0 Å². The van der Waals surface area contributed by atoms with E-state index in [4.69, 9.17) is 9.84 Å². The number of methoxy groups -OCH3 is 1. The Balaban J connectivity index is 2.33. The fourth-order valence-corrected chi connectivity index (χ4v) is 2.54. The number of halogens is 1. The zero-order valence-corrected chi connectivity index (χ0v) is 12.3. The van der Waals surface area contributed by atoms with Crippen LogP contribution in [0, 0.1) is 0 Å². The minimum atomic E-state index is -0.897. The first-order chi connectivity index (χ1) is 9.10. The summed E-state index contributed by atoms with van der Waals surface area (Å²) in [7, 11) is 1.58. The zero-order valence-electron chi connectivity index (χ0n) is 9.91. The maximum atomic E-state index is 10.6. The lowest BCUT2D eigenvalue weighted by atomic mass is 10.3. The minimum absolute atomic E-state index is 0.0656. The van der Waals surface area contributed by atoms with Crippen LogP contribution in [0.3, 0.4) is 0 Å². The number of benzene rings is 1. The number of aliphatic carboxylic acids is 1. The molecule has 6 nitrogen and oxygen atoms in total. The van der Waals surface area contributed by atoms with Gasteiger partial charge in [-0.1, -0.05) is 27.7 Å². The molecule has 0 radical (unpaired) electrons. The molecule has 19 heavy (non-hydrogen) atoms. The van der Waals surface area contributed by atoms with Crippen molar-refractivity contribution in [2.75, 3.05) is 12.9 Å². The normalized spacial score (nSPS) is 10.4. The number of hydrogen-bond donors (Lipinski definition) is 1. The van der Waals surface area contributed by atoms with Crippen LogP contribution < -0.4 is 4.74 Å². The first-order valence-electron chi connectivity index (χ1n) is 5.19. The molecule has 8 heteroatoms. The van der Waals surface area contributed by atoms with E-state index in [0.29, 0.717) is 10.9 Å². The lowest BCUT2D eigenvalue weighted by molar-refractivity contribution is -0.133. The van der Waals surface area contributed by atoms with Gasteiger partial charge in [0.2, 0.25) is 0 Å². The van der Waals surface area contributed by atoms with Crippen molar-refractivity contribution in [3.63, 3.8) is 0 Å². The summed E-state index contributed by atoms with van der Waals surface area (Å²) in [6, 6.07) is 5.52. The largest absolute Gasteiger partial charge is 0.497 e. The summed E-state index contributed by atoms with van der Waals surface area (Å²) in [6.07, 6.45) is 1.53. The number of thioether (sulfide) groups is 1. The molecule has 2 rings (SSSR count). The molecule has 0 aliphatic rings. The summed E-state index contributed by atoms with van der Waals surface area (Å²) in [6.45, 7) is 0. The van der Waals surface area contributed by atoms with Gasteiger partial charge in [-0.25, -0.2) is 0 Å². The SMILES string of the molecule is COc1cc(Br)cc(-n2cnnc2SCC(=O)O)c1. The molecule has 1 aromatic heterocycles. The van der Waals surface area contributed by atoms with Gasteiger partial charge in [-0.05, 0) is 12.1 Å². The van der Waals surface area contributed by atoms with Gasteiger partial charge in [0.25, 0.3) is 0 Å². The highest BCUT2D eigenvalue weighted by atomic mass is 79.9. The Kier molecular flexibility index (Phi) is 4.43. The topological polar surface area (TPSA) is 77.2 Å². The molecule has 1 heterocycles. The van der Waals surface area contributed by atoms with Crippen LogP contribution in [-0.4, -0.2) is 38.7 Å². The van der Waals surface area contributed by atoms with E-state index in [-0.39, 0.29) is 5.75 Å². The molecule has 0 unspecified atom stereocenters. The number of carboxylic acids is 1. The molecule has 0 saturated carbocycles. The van der Waals surface area contributed by atoms with Gasteiger partial charge in [-0.2, -0.15) is 0 Å². The first-order valence-corrected chi connectivity index (χ1v) is 6.97. The van der Waals surface area contributed by atoms with Crippen molar-refractivity contribution in [2.24, 2.45) is 0 Å². The smallest absolute Gasteiger partial charge is 0.313 e. The number of nitrogens with zero attached hydrogens (tertiary/aromatic N) is 3. The molecule has 0 aliphatic carbocycles. The van der Waals surface area contributed by atoms with E-state index < -0.39 is 5.97 Å². The van der Waals surface area contributed by atoms with Gasteiger partial charge in [-0.3, -0.25) is 9.36 Å². The minimum Gasteiger partial charge on any atom is -0.497 e. The molecule has 0 bridgehead atoms. The van der Waals surface area contributed by atoms with E-state index in [2.05, 4.69) is 26.1 Å². The van der Waals surface area contributed by atoms with Crippen LogP contribution in [0.2, 0.25) is 0 Å². The van der Waals surface area contributed by atoms with Crippen LogP contribution in [-0.2, 0) is 4.79 Å². The predicted molar refractivity (Wildman–Crippen MR) is 74.0 cm³/mol. The Labute approximate surface area is 121 Å². The van der Waals surface area contributed by atoms with Gasteiger partial charge < -0.3 is 9.84 Å². The molecule has 0 amide bonds. The highest BCUT2D eigenvalue weighted by Gasteiger charge is 2.10. The highest BCUT2D eigenvalue weighted by Crippen LogP contribution is 2.26. The lowest BCUT2D eigenvalue weighted by Gasteiger charge is -2.08. The van der Waals surface area contributed by atoms with Crippen molar-refractivity contribution in [3.8, 4) is 11.4 Å². The molecule has 2 aromatic rings. The summed E-state index contributed by atoms with van der Waals surface area (Å²) in [5.74, 6) is -0.275. The number of ether oxygens (including phenoxy) is 1. The Morgan fingerprint density at radius 3 is 3.00 bits per heavy atom. The Bertz CT molecular complexity index is 603. The van der Waals surface area contributed by atoms with Crippen molar-refractivity contribution in [1.82, 2.24) is 14.8 Å². The Morgan fingerprint density at radius 1 is 1.53 bits per heavy atom. The second-order valence-corrected chi connectivity index (χ2v) is 5.37. The van der Waals surface area contributed by atoms with Crippen molar-refractivity contribution >= 4 is 33.7 Å². The number of carbonyl (C=O) groups is 1. The van der Waals surface area contributed by atoms with E-state index >= 15 is 0 Å². The van der Waals surface area contributed by atoms with Gasteiger partial charge in [0, 0.05) is 10.5 Å². The van der Waals surface area contributed by atoms with E-state index in [1.807, 2.05) is 18.2 Å². The Morgan fingerprint density at radius 2 is 2.32 bits per heavy atom. The van der Waals surface area contributed by atoms with Gasteiger partial charge in [0.05, 0.1) is 18.6 Å². The van der Waals surface area contributed by atoms with Gasteiger partial charge in [0.15, 0.2) is 5.16 Å². The fraction of sp³-hybridized carbons (Fsp3) is 0.182. The maximum absolute atomic E-state index is 10.6. The molecule has 1 aromatic carbocycles. The molecular weight excluding hydrogens is 334 g/mol. The quantitative estimate of drug-likeness (QED) is 0.838. The summed E-state index contributed by atoms with van der Waals surface area (Å²) >= 11 is 4.50. The summed E-state index contributed by atoms with van der Waals surface area (Å²) < 4.78 is 7.75. The molecule has 0 saturated heterocycles. The van der Waals surface area contributed by atoms with E-state index in [1.165, 1.54) is 6.33 Å².